The zero-order chi connectivity index (χ0) is 17.5. The number of Topliss-reactive ketones (excluding diaryl/α,β-unsaturated/α-hetero) is 1. The molecule has 0 saturated carbocycles. The predicted molar refractivity (Wildman–Crippen MR) is 94.1 cm³/mol. The van der Waals surface area contributed by atoms with Gasteiger partial charge in [0.05, 0.1) is 0 Å². The van der Waals surface area contributed by atoms with Crippen LogP contribution >= 0.6 is 11.3 Å². The second kappa shape index (κ2) is 8.21. The van der Waals surface area contributed by atoms with E-state index in [1.165, 1.54) is 24.3 Å². The molecule has 0 atom stereocenters. The van der Waals surface area contributed by atoms with E-state index in [9.17, 15) is 14.4 Å². The van der Waals surface area contributed by atoms with Crippen molar-refractivity contribution < 1.29 is 19.1 Å². The first-order valence-electron chi connectivity index (χ1n) is 7.25. The molecule has 2 aromatic rings. The molecule has 1 aromatic carbocycles. The number of hydrogen-bond acceptors (Lipinski definition) is 5. The summed E-state index contributed by atoms with van der Waals surface area (Å²) in [7, 11) is 0. The molecule has 124 valence electrons. The first-order valence-corrected chi connectivity index (χ1v) is 8.13. The van der Waals surface area contributed by atoms with Crippen LogP contribution in [0, 0.1) is 6.92 Å². The number of aryl methyl sites for hydroxylation is 1. The van der Waals surface area contributed by atoms with Gasteiger partial charge in [-0.2, -0.15) is 0 Å². The lowest BCUT2D eigenvalue weighted by atomic mass is 10.1. The monoisotopic (exact) mass is 343 g/mol. The highest BCUT2D eigenvalue weighted by molar-refractivity contribution is 7.11. The van der Waals surface area contributed by atoms with Crippen LogP contribution in [0.1, 0.15) is 27.7 Å². The Morgan fingerprint density at radius 2 is 1.88 bits per heavy atom. The van der Waals surface area contributed by atoms with E-state index in [2.05, 4.69) is 5.32 Å². The van der Waals surface area contributed by atoms with Crippen molar-refractivity contribution in [3.8, 4) is 0 Å². The van der Waals surface area contributed by atoms with E-state index in [1.807, 2.05) is 18.4 Å². The van der Waals surface area contributed by atoms with E-state index in [1.54, 1.807) is 30.3 Å². The minimum Gasteiger partial charge on any atom is -0.454 e. The Labute approximate surface area is 144 Å². The van der Waals surface area contributed by atoms with E-state index in [0.29, 0.717) is 11.3 Å². The van der Waals surface area contributed by atoms with E-state index in [4.69, 9.17) is 4.74 Å². The normalized spacial score (nSPS) is 10.6. The van der Waals surface area contributed by atoms with Crippen molar-refractivity contribution in [1.82, 2.24) is 0 Å². The SMILES string of the molecule is CC(=O)Nc1ccc(C(=O)COC(=O)/C=C/c2sccc2C)cc1. The third-order valence-corrected chi connectivity index (χ3v) is 4.13. The van der Waals surface area contributed by atoms with E-state index < -0.39 is 5.97 Å². The molecule has 1 amide bonds. The third kappa shape index (κ3) is 5.17. The van der Waals surface area contributed by atoms with Crippen molar-refractivity contribution in [2.45, 2.75) is 13.8 Å². The Balaban J connectivity index is 1.86. The van der Waals surface area contributed by atoms with Crippen LogP contribution in [0.15, 0.2) is 41.8 Å². The molecule has 1 N–H and O–H groups in total. The van der Waals surface area contributed by atoms with Gasteiger partial charge in [0.25, 0.3) is 0 Å². The van der Waals surface area contributed by atoms with Crippen LogP contribution < -0.4 is 5.32 Å². The summed E-state index contributed by atoms with van der Waals surface area (Å²) in [6.45, 7) is 3.03. The predicted octanol–water partition coefficient (Wildman–Crippen LogP) is 3.45. The highest BCUT2D eigenvalue weighted by Gasteiger charge is 2.09. The number of anilines is 1. The lowest BCUT2D eigenvalue weighted by Crippen LogP contribution is -2.12. The van der Waals surface area contributed by atoms with Gasteiger partial charge in [0.2, 0.25) is 5.91 Å². The lowest BCUT2D eigenvalue weighted by molar-refractivity contribution is -0.136. The maximum Gasteiger partial charge on any atom is 0.331 e. The molecule has 6 heteroatoms. The van der Waals surface area contributed by atoms with Crippen LogP contribution in [-0.2, 0) is 14.3 Å². The molecule has 0 saturated heterocycles. The summed E-state index contributed by atoms with van der Waals surface area (Å²) >= 11 is 1.53. The van der Waals surface area contributed by atoms with E-state index in [0.717, 1.165) is 10.4 Å². The molecule has 0 aliphatic carbocycles. The summed E-state index contributed by atoms with van der Waals surface area (Å²) in [5.41, 5.74) is 2.10. The van der Waals surface area contributed by atoms with Crippen LogP contribution in [-0.4, -0.2) is 24.3 Å². The highest BCUT2D eigenvalue weighted by atomic mass is 32.1. The second-order valence-electron chi connectivity index (χ2n) is 5.09. The number of carbonyl (C=O) groups excluding carboxylic acids is 3. The van der Waals surface area contributed by atoms with Crippen LogP contribution in [0.25, 0.3) is 6.08 Å². The Morgan fingerprint density at radius 1 is 1.17 bits per heavy atom. The summed E-state index contributed by atoms with van der Waals surface area (Å²) in [6, 6.07) is 8.36. The summed E-state index contributed by atoms with van der Waals surface area (Å²) in [5, 5.41) is 4.55. The summed E-state index contributed by atoms with van der Waals surface area (Å²) in [5.74, 6) is -1.06. The molecule has 0 aliphatic heterocycles. The van der Waals surface area contributed by atoms with Crippen LogP contribution in [0.2, 0.25) is 0 Å². The number of hydrogen-bond donors (Lipinski definition) is 1. The van der Waals surface area contributed by atoms with Crippen molar-refractivity contribution in [1.29, 1.82) is 0 Å². The van der Waals surface area contributed by atoms with Crippen LogP contribution in [0.3, 0.4) is 0 Å². The van der Waals surface area contributed by atoms with Gasteiger partial charge in [-0.1, -0.05) is 0 Å². The molecule has 1 heterocycles. The maximum absolute atomic E-state index is 12.0. The molecule has 1 aromatic heterocycles. The van der Waals surface area contributed by atoms with Crippen LogP contribution in [0.5, 0.6) is 0 Å². The van der Waals surface area contributed by atoms with Crippen molar-refractivity contribution in [3.05, 3.63) is 57.8 Å². The Morgan fingerprint density at radius 3 is 2.46 bits per heavy atom. The largest absolute Gasteiger partial charge is 0.454 e. The molecular weight excluding hydrogens is 326 g/mol. The lowest BCUT2D eigenvalue weighted by Gasteiger charge is -2.04. The molecule has 0 radical (unpaired) electrons. The topological polar surface area (TPSA) is 72.5 Å². The van der Waals surface area contributed by atoms with Gasteiger partial charge in [-0.15, -0.1) is 11.3 Å². The Hall–Kier alpha value is -2.73. The molecule has 5 nitrogen and oxygen atoms in total. The van der Waals surface area contributed by atoms with Gasteiger partial charge in [-0.05, 0) is 54.3 Å². The first kappa shape index (κ1) is 17.6. The third-order valence-electron chi connectivity index (χ3n) is 3.15. The fraction of sp³-hybridized carbons (Fsp3) is 0.167. The average Bonchev–Trinajstić information content (AvgIpc) is 2.96. The zero-order valence-corrected chi connectivity index (χ0v) is 14.2. The fourth-order valence-electron chi connectivity index (χ4n) is 1.91. The minimum atomic E-state index is -0.564. The van der Waals surface area contributed by atoms with Gasteiger partial charge in [0, 0.05) is 29.1 Å². The van der Waals surface area contributed by atoms with E-state index in [-0.39, 0.29) is 18.3 Å². The Kier molecular flexibility index (Phi) is 6.03. The van der Waals surface area contributed by atoms with Crippen molar-refractivity contribution in [2.24, 2.45) is 0 Å². The number of esters is 1. The maximum atomic E-state index is 12.0. The molecule has 0 fully saturated rings. The van der Waals surface area contributed by atoms with Gasteiger partial charge < -0.3 is 10.1 Å². The molecule has 0 spiro atoms. The van der Waals surface area contributed by atoms with Gasteiger partial charge in [0.1, 0.15) is 0 Å². The number of benzene rings is 1. The minimum absolute atomic E-state index is 0.184. The van der Waals surface area contributed by atoms with Crippen molar-refractivity contribution in [2.75, 3.05) is 11.9 Å². The van der Waals surface area contributed by atoms with Gasteiger partial charge in [-0.3, -0.25) is 9.59 Å². The summed E-state index contributed by atoms with van der Waals surface area (Å²) in [6.07, 6.45) is 2.99. The fourth-order valence-corrected chi connectivity index (χ4v) is 2.73. The van der Waals surface area contributed by atoms with Gasteiger partial charge in [0.15, 0.2) is 12.4 Å². The Bertz CT molecular complexity index is 775. The van der Waals surface area contributed by atoms with Crippen LogP contribution in [0.4, 0.5) is 5.69 Å². The highest BCUT2D eigenvalue weighted by Crippen LogP contribution is 2.17. The molecule has 0 unspecified atom stereocenters. The van der Waals surface area contributed by atoms with Gasteiger partial charge in [-0.25, -0.2) is 4.79 Å². The molecular formula is C18H17NO4S. The van der Waals surface area contributed by atoms with E-state index >= 15 is 0 Å². The quantitative estimate of drug-likeness (QED) is 0.495. The smallest absolute Gasteiger partial charge is 0.331 e. The van der Waals surface area contributed by atoms with Crippen molar-refractivity contribution >= 4 is 40.8 Å². The molecule has 2 rings (SSSR count). The number of ketones is 1. The summed E-state index contributed by atoms with van der Waals surface area (Å²) < 4.78 is 4.95. The zero-order valence-electron chi connectivity index (χ0n) is 13.4. The number of carbonyl (C=O) groups is 3. The molecule has 24 heavy (non-hydrogen) atoms. The number of thiophene rings is 1. The molecule has 0 bridgehead atoms. The number of rotatable bonds is 6. The van der Waals surface area contributed by atoms with Crippen molar-refractivity contribution in [3.63, 3.8) is 0 Å². The number of ether oxygens (including phenoxy) is 1. The second-order valence-corrected chi connectivity index (χ2v) is 6.04. The summed E-state index contributed by atoms with van der Waals surface area (Å²) in [4.78, 5) is 35.6. The number of amides is 1. The number of nitrogens with one attached hydrogen (secondary N) is 1. The average molecular weight is 343 g/mol. The standard InChI is InChI=1S/C18H17NO4S/c1-12-9-10-24-17(12)7-8-18(22)23-11-16(21)14-3-5-15(6-4-14)19-13(2)20/h3-10H,11H2,1-2H3,(H,19,20)/b8-7+. The molecule has 0 aliphatic rings. The first-order chi connectivity index (χ1) is 11.5. The van der Waals surface area contributed by atoms with Gasteiger partial charge >= 0.3 is 5.97 Å².